The molecule has 0 spiro atoms. The summed E-state index contributed by atoms with van der Waals surface area (Å²) in [6.45, 7) is -0.742. The molecule has 0 aliphatic carbocycles. The van der Waals surface area contributed by atoms with Crippen molar-refractivity contribution in [1.29, 1.82) is 0 Å². The molecular weight excluding hydrogens is 352 g/mol. The number of non-ortho nitro benzene ring substituents is 1. The first-order valence-electron chi connectivity index (χ1n) is 7.22. The van der Waals surface area contributed by atoms with Gasteiger partial charge in [-0.1, -0.05) is 0 Å². The van der Waals surface area contributed by atoms with Gasteiger partial charge in [0.25, 0.3) is 5.69 Å². The molecular formula is C14H14N4O8. The number of fused-ring (bicyclic) bond motifs is 1. The molecule has 1 atom stereocenters. The monoisotopic (exact) mass is 366 g/mol. The predicted octanol–water partition coefficient (Wildman–Crippen LogP) is -1.23. The van der Waals surface area contributed by atoms with Crippen LogP contribution in [0.4, 0.5) is 11.4 Å². The standard InChI is InChI=1S/C14H14N4O8/c15-11(19)4-8(14(22)23)16-12(20)5-17-6-13(21)26-10-3-7(18(24)25)1-2-9(10)17/h1-3,8H,4-6H2,(H2,15,19)(H,16,20)(H,22,23). The second kappa shape index (κ2) is 7.46. The highest BCUT2D eigenvalue weighted by Crippen LogP contribution is 2.34. The number of hydrogen-bond acceptors (Lipinski definition) is 8. The zero-order valence-corrected chi connectivity index (χ0v) is 13.2. The summed E-state index contributed by atoms with van der Waals surface area (Å²) >= 11 is 0. The topological polar surface area (TPSA) is 182 Å². The number of nitrogens with two attached hydrogens (primary N) is 1. The molecule has 0 saturated heterocycles. The lowest BCUT2D eigenvalue weighted by Gasteiger charge is -2.29. The highest BCUT2D eigenvalue weighted by molar-refractivity contribution is 5.92. The molecule has 0 radical (unpaired) electrons. The van der Waals surface area contributed by atoms with E-state index in [0.717, 1.165) is 6.07 Å². The highest BCUT2D eigenvalue weighted by Gasteiger charge is 2.29. The lowest BCUT2D eigenvalue weighted by atomic mass is 10.2. The lowest BCUT2D eigenvalue weighted by molar-refractivity contribution is -0.384. The van der Waals surface area contributed by atoms with Crippen molar-refractivity contribution >= 4 is 35.1 Å². The first-order valence-corrected chi connectivity index (χ1v) is 7.22. The van der Waals surface area contributed by atoms with E-state index < -0.39 is 47.7 Å². The summed E-state index contributed by atoms with van der Waals surface area (Å²) < 4.78 is 4.93. The zero-order valence-electron chi connectivity index (χ0n) is 13.2. The number of carboxylic acids is 1. The summed E-state index contributed by atoms with van der Waals surface area (Å²) in [6, 6.07) is 2.03. The maximum absolute atomic E-state index is 12.1. The molecule has 0 fully saturated rings. The number of anilines is 1. The summed E-state index contributed by atoms with van der Waals surface area (Å²) in [6.07, 6.45) is -0.591. The molecule has 0 aromatic heterocycles. The largest absolute Gasteiger partial charge is 0.480 e. The summed E-state index contributed by atoms with van der Waals surface area (Å²) in [5.74, 6) is -3.95. The molecule has 2 rings (SSSR count). The van der Waals surface area contributed by atoms with Gasteiger partial charge in [0, 0.05) is 6.07 Å². The van der Waals surface area contributed by atoms with Crippen molar-refractivity contribution < 1.29 is 33.9 Å². The van der Waals surface area contributed by atoms with Crippen LogP contribution in [-0.2, 0) is 19.2 Å². The predicted molar refractivity (Wildman–Crippen MR) is 84.3 cm³/mol. The van der Waals surface area contributed by atoms with Crippen molar-refractivity contribution in [3.63, 3.8) is 0 Å². The molecule has 1 aromatic rings. The Labute approximate surface area is 145 Å². The number of nitro benzene ring substituents is 1. The molecule has 1 heterocycles. The van der Waals surface area contributed by atoms with Crippen LogP contribution in [0.3, 0.4) is 0 Å². The molecule has 12 heteroatoms. The molecule has 0 saturated carbocycles. The summed E-state index contributed by atoms with van der Waals surface area (Å²) in [7, 11) is 0. The number of rotatable bonds is 7. The summed E-state index contributed by atoms with van der Waals surface area (Å²) in [5.41, 5.74) is 4.89. The zero-order chi connectivity index (χ0) is 19.4. The Bertz CT molecular complexity index is 793. The van der Waals surface area contributed by atoms with E-state index in [1.807, 2.05) is 0 Å². The fourth-order valence-corrected chi connectivity index (χ4v) is 2.31. The number of amides is 2. The first-order chi connectivity index (χ1) is 12.2. The number of carbonyl (C=O) groups is 4. The third kappa shape index (κ3) is 4.43. The van der Waals surface area contributed by atoms with Crippen molar-refractivity contribution in [3.8, 4) is 5.75 Å². The second-order valence-electron chi connectivity index (χ2n) is 5.37. The van der Waals surface area contributed by atoms with Gasteiger partial charge in [-0.25, -0.2) is 9.59 Å². The van der Waals surface area contributed by atoms with Crippen LogP contribution in [0, 0.1) is 10.1 Å². The van der Waals surface area contributed by atoms with E-state index in [0.29, 0.717) is 0 Å². The molecule has 1 aliphatic rings. The van der Waals surface area contributed by atoms with Crippen LogP contribution in [0.5, 0.6) is 5.75 Å². The Hall–Kier alpha value is -3.70. The van der Waals surface area contributed by atoms with Crippen molar-refractivity contribution in [1.82, 2.24) is 5.32 Å². The fraction of sp³-hybridized carbons (Fsp3) is 0.286. The van der Waals surface area contributed by atoms with Gasteiger partial charge in [0.15, 0.2) is 5.75 Å². The van der Waals surface area contributed by atoms with Crippen molar-refractivity contribution in [2.24, 2.45) is 5.73 Å². The lowest BCUT2D eigenvalue weighted by Crippen LogP contribution is -2.49. The number of ether oxygens (including phenoxy) is 1. The van der Waals surface area contributed by atoms with E-state index in [2.05, 4.69) is 5.32 Å². The number of carbonyl (C=O) groups excluding carboxylic acids is 3. The number of carboxylic acid groups (broad SMARTS) is 1. The summed E-state index contributed by atoms with van der Waals surface area (Å²) in [5, 5.41) is 21.9. The number of esters is 1. The highest BCUT2D eigenvalue weighted by atomic mass is 16.6. The third-order valence-electron chi connectivity index (χ3n) is 3.41. The van der Waals surface area contributed by atoms with E-state index in [1.54, 1.807) is 0 Å². The van der Waals surface area contributed by atoms with E-state index in [1.165, 1.54) is 17.0 Å². The molecule has 26 heavy (non-hydrogen) atoms. The molecule has 1 unspecified atom stereocenters. The molecule has 0 bridgehead atoms. The number of hydrogen-bond donors (Lipinski definition) is 3. The average Bonchev–Trinajstić information content (AvgIpc) is 2.52. The van der Waals surface area contributed by atoms with Crippen LogP contribution < -0.4 is 20.7 Å². The summed E-state index contributed by atoms with van der Waals surface area (Å²) in [4.78, 5) is 57.0. The number of nitro groups is 1. The average molecular weight is 366 g/mol. The van der Waals surface area contributed by atoms with Crippen LogP contribution in [0.2, 0.25) is 0 Å². The van der Waals surface area contributed by atoms with Gasteiger partial charge >= 0.3 is 11.9 Å². The number of aliphatic carboxylic acids is 1. The minimum absolute atomic E-state index is 0.0878. The van der Waals surface area contributed by atoms with Gasteiger partial charge in [0.05, 0.1) is 29.6 Å². The molecule has 4 N–H and O–H groups in total. The second-order valence-corrected chi connectivity index (χ2v) is 5.37. The van der Waals surface area contributed by atoms with E-state index in [9.17, 15) is 29.3 Å². The Morgan fingerprint density at radius 1 is 1.42 bits per heavy atom. The van der Waals surface area contributed by atoms with Crippen LogP contribution in [0.1, 0.15) is 6.42 Å². The molecule has 2 amide bonds. The third-order valence-corrected chi connectivity index (χ3v) is 3.41. The van der Waals surface area contributed by atoms with Crippen LogP contribution in [-0.4, -0.2) is 52.9 Å². The first kappa shape index (κ1) is 18.6. The van der Waals surface area contributed by atoms with Gasteiger partial charge in [-0.2, -0.15) is 0 Å². The maximum atomic E-state index is 12.1. The quantitative estimate of drug-likeness (QED) is 0.230. The number of nitrogens with one attached hydrogen (secondary N) is 1. The van der Waals surface area contributed by atoms with Crippen molar-refractivity contribution in [2.45, 2.75) is 12.5 Å². The Kier molecular flexibility index (Phi) is 5.35. The minimum Gasteiger partial charge on any atom is -0.480 e. The van der Waals surface area contributed by atoms with Gasteiger partial charge < -0.3 is 25.8 Å². The minimum atomic E-state index is -1.51. The molecule has 138 valence electrons. The Balaban J connectivity index is 2.15. The van der Waals surface area contributed by atoms with Gasteiger partial charge in [-0.15, -0.1) is 0 Å². The number of nitrogens with zero attached hydrogens (tertiary/aromatic N) is 2. The Morgan fingerprint density at radius 2 is 2.12 bits per heavy atom. The molecule has 1 aliphatic heterocycles. The molecule has 1 aromatic carbocycles. The van der Waals surface area contributed by atoms with E-state index in [4.69, 9.17) is 15.6 Å². The SMILES string of the molecule is NC(=O)CC(NC(=O)CN1CC(=O)Oc2cc([N+](=O)[O-])ccc21)C(=O)O. The molecule has 12 nitrogen and oxygen atoms in total. The smallest absolute Gasteiger partial charge is 0.331 e. The number of primary amides is 1. The Morgan fingerprint density at radius 3 is 2.69 bits per heavy atom. The fourth-order valence-electron chi connectivity index (χ4n) is 2.31. The number of benzene rings is 1. The van der Waals surface area contributed by atoms with Crippen LogP contribution >= 0.6 is 0 Å². The van der Waals surface area contributed by atoms with Crippen molar-refractivity contribution in [3.05, 3.63) is 28.3 Å². The van der Waals surface area contributed by atoms with Gasteiger partial charge in [-0.05, 0) is 6.07 Å². The van der Waals surface area contributed by atoms with Crippen LogP contribution in [0.15, 0.2) is 18.2 Å². The van der Waals surface area contributed by atoms with E-state index >= 15 is 0 Å². The maximum Gasteiger partial charge on any atom is 0.331 e. The van der Waals surface area contributed by atoms with Gasteiger partial charge in [-0.3, -0.25) is 19.7 Å². The van der Waals surface area contributed by atoms with E-state index in [-0.39, 0.29) is 23.7 Å². The van der Waals surface area contributed by atoms with Gasteiger partial charge in [0.1, 0.15) is 12.6 Å². The van der Waals surface area contributed by atoms with Crippen LogP contribution in [0.25, 0.3) is 0 Å². The van der Waals surface area contributed by atoms with Gasteiger partial charge in [0.2, 0.25) is 11.8 Å². The normalized spacial score (nSPS) is 14.0. The van der Waals surface area contributed by atoms with Crippen molar-refractivity contribution in [2.75, 3.05) is 18.0 Å².